The lowest BCUT2D eigenvalue weighted by Gasteiger charge is -2.36. The number of hydrogen-bond acceptors (Lipinski definition) is 4. The molecule has 3 rings (SSSR count). The van der Waals surface area contributed by atoms with Gasteiger partial charge in [-0.05, 0) is 36.8 Å². The van der Waals surface area contributed by atoms with Crippen LogP contribution in [0.1, 0.15) is 18.5 Å². The van der Waals surface area contributed by atoms with E-state index in [1.54, 1.807) is 0 Å². The third-order valence-corrected chi connectivity index (χ3v) is 4.63. The van der Waals surface area contributed by atoms with E-state index >= 15 is 0 Å². The summed E-state index contributed by atoms with van der Waals surface area (Å²) in [6.07, 6.45) is 0. The Kier molecular flexibility index (Phi) is 8.38. The number of anilines is 1. The van der Waals surface area contributed by atoms with Gasteiger partial charge in [0.2, 0.25) is 5.91 Å². The normalized spacial score (nSPS) is 17.0. The average Bonchev–Trinajstić information content (AvgIpc) is 2.64. The molecular weight excluding hydrogens is 385 g/mol. The van der Waals surface area contributed by atoms with E-state index in [-0.39, 0.29) is 24.4 Å². The molecule has 0 spiro atoms. The number of halogens is 2. The van der Waals surface area contributed by atoms with Gasteiger partial charge in [-0.1, -0.05) is 35.9 Å². The van der Waals surface area contributed by atoms with Crippen LogP contribution in [0, 0.1) is 0 Å². The molecule has 0 bridgehead atoms. The van der Waals surface area contributed by atoms with Crippen LogP contribution in [0.5, 0.6) is 5.75 Å². The van der Waals surface area contributed by atoms with Crippen LogP contribution >= 0.6 is 24.0 Å². The predicted octanol–water partition coefficient (Wildman–Crippen LogP) is 3.75. The maximum absolute atomic E-state index is 12.6. The molecule has 1 aliphatic rings. The fraction of sp³-hybridized carbons (Fsp3) is 0.350. The summed E-state index contributed by atoms with van der Waals surface area (Å²) in [6, 6.07) is 15.5. The molecule has 1 unspecified atom stereocenters. The number of piperazine rings is 1. The summed E-state index contributed by atoms with van der Waals surface area (Å²) >= 11 is 6.14. The summed E-state index contributed by atoms with van der Waals surface area (Å²) < 4.78 is 5.58. The molecule has 1 atom stereocenters. The highest BCUT2D eigenvalue weighted by atomic mass is 35.5. The average molecular weight is 410 g/mol. The molecule has 0 radical (unpaired) electrons. The number of benzene rings is 2. The van der Waals surface area contributed by atoms with Gasteiger partial charge in [0.25, 0.3) is 0 Å². The van der Waals surface area contributed by atoms with E-state index in [2.05, 4.69) is 21.6 Å². The number of rotatable bonds is 6. The van der Waals surface area contributed by atoms with Crippen molar-refractivity contribution in [3.8, 4) is 5.75 Å². The lowest BCUT2D eigenvalue weighted by molar-refractivity contribution is -0.118. The number of amides is 1. The first-order chi connectivity index (χ1) is 12.7. The Morgan fingerprint density at radius 2 is 2.11 bits per heavy atom. The molecule has 7 heteroatoms. The van der Waals surface area contributed by atoms with Crippen molar-refractivity contribution in [3.63, 3.8) is 0 Å². The molecule has 1 saturated heterocycles. The Labute approximate surface area is 171 Å². The van der Waals surface area contributed by atoms with Crippen LogP contribution in [-0.4, -0.2) is 43.6 Å². The number of carbonyl (C=O) groups is 1. The maximum atomic E-state index is 12.6. The molecule has 1 heterocycles. The highest BCUT2D eigenvalue weighted by Crippen LogP contribution is 2.26. The first kappa shape index (κ1) is 21.5. The topological polar surface area (TPSA) is 53.6 Å². The zero-order valence-corrected chi connectivity index (χ0v) is 16.9. The first-order valence-corrected chi connectivity index (χ1v) is 9.27. The second-order valence-electron chi connectivity index (χ2n) is 6.22. The van der Waals surface area contributed by atoms with Crippen LogP contribution in [0.25, 0.3) is 0 Å². The van der Waals surface area contributed by atoms with Gasteiger partial charge in [-0.3, -0.25) is 9.69 Å². The molecule has 0 aromatic heterocycles. The fourth-order valence-corrected chi connectivity index (χ4v) is 3.40. The first-order valence-electron chi connectivity index (χ1n) is 8.89. The molecule has 27 heavy (non-hydrogen) atoms. The molecule has 0 saturated carbocycles. The molecule has 146 valence electrons. The minimum Gasteiger partial charge on any atom is -0.492 e. The minimum atomic E-state index is -0.0499. The zero-order chi connectivity index (χ0) is 18.4. The standard InChI is InChI=1S/C20H24ClN3O2.ClH/c1-2-26-19-9-4-3-8-17(19)23-20(25)14-24-11-10-22-13-18(24)15-6-5-7-16(21)12-15;/h3-9,12,18,22H,2,10-11,13-14H2,1H3,(H,23,25);1H. The van der Waals surface area contributed by atoms with Crippen LogP contribution in [-0.2, 0) is 4.79 Å². The van der Waals surface area contributed by atoms with E-state index < -0.39 is 0 Å². The van der Waals surface area contributed by atoms with Crippen molar-refractivity contribution in [1.29, 1.82) is 0 Å². The zero-order valence-electron chi connectivity index (χ0n) is 15.3. The fourth-order valence-electron chi connectivity index (χ4n) is 3.20. The van der Waals surface area contributed by atoms with Gasteiger partial charge in [-0.25, -0.2) is 0 Å². The van der Waals surface area contributed by atoms with Crippen molar-refractivity contribution in [2.24, 2.45) is 0 Å². The summed E-state index contributed by atoms with van der Waals surface area (Å²) in [6.45, 7) is 5.26. The van der Waals surface area contributed by atoms with Crippen molar-refractivity contribution in [2.45, 2.75) is 13.0 Å². The van der Waals surface area contributed by atoms with E-state index in [0.29, 0.717) is 29.6 Å². The Morgan fingerprint density at radius 1 is 1.30 bits per heavy atom. The third kappa shape index (κ3) is 5.84. The maximum Gasteiger partial charge on any atom is 0.238 e. The molecule has 1 amide bonds. The molecule has 0 aliphatic carbocycles. The summed E-state index contributed by atoms with van der Waals surface area (Å²) in [5, 5.41) is 7.08. The predicted molar refractivity (Wildman–Crippen MR) is 112 cm³/mol. The van der Waals surface area contributed by atoms with Crippen molar-refractivity contribution in [2.75, 3.05) is 38.1 Å². The highest BCUT2D eigenvalue weighted by molar-refractivity contribution is 6.30. The Balaban J connectivity index is 0.00000261. The van der Waals surface area contributed by atoms with Crippen LogP contribution in [0.4, 0.5) is 5.69 Å². The number of hydrogen-bond donors (Lipinski definition) is 2. The van der Waals surface area contributed by atoms with Gasteiger partial charge < -0.3 is 15.4 Å². The minimum absolute atomic E-state index is 0. The molecular formula is C20H25Cl2N3O2. The van der Waals surface area contributed by atoms with Gasteiger partial charge in [-0.2, -0.15) is 0 Å². The number of nitrogens with one attached hydrogen (secondary N) is 2. The number of nitrogens with zero attached hydrogens (tertiary/aromatic N) is 1. The Morgan fingerprint density at radius 3 is 2.89 bits per heavy atom. The molecule has 1 fully saturated rings. The molecule has 2 aromatic rings. The SMILES string of the molecule is CCOc1ccccc1NC(=O)CN1CCNCC1c1cccc(Cl)c1.Cl. The molecule has 2 aromatic carbocycles. The molecule has 2 N–H and O–H groups in total. The third-order valence-electron chi connectivity index (χ3n) is 4.40. The van der Waals surface area contributed by atoms with Crippen LogP contribution in [0.15, 0.2) is 48.5 Å². The second kappa shape index (κ2) is 10.5. The smallest absolute Gasteiger partial charge is 0.238 e. The van der Waals surface area contributed by atoms with Crippen molar-refractivity contribution >= 4 is 35.6 Å². The largest absolute Gasteiger partial charge is 0.492 e. The van der Waals surface area contributed by atoms with Crippen molar-refractivity contribution in [1.82, 2.24) is 10.2 Å². The summed E-state index contributed by atoms with van der Waals surface area (Å²) in [4.78, 5) is 14.8. The van der Waals surface area contributed by atoms with Gasteiger partial charge in [0, 0.05) is 30.7 Å². The van der Waals surface area contributed by atoms with E-state index in [9.17, 15) is 4.79 Å². The van der Waals surface area contributed by atoms with Crippen molar-refractivity contribution < 1.29 is 9.53 Å². The molecule has 5 nitrogen and oxygen atoms in total. The lowest BCUT2D eigenvalue weighted by Crippen LogP contribution is -2.48. The number of para-hydroxylation sites is 2. The van der Waals surface area contributed by atoms with Gasteiger partial charge >= 0.3 is 0 Å². The van der Waals surface area contributed by atoms with Crippen LogP contribution in [0.2, 0.25) is 5.02 Å². The molecule has 1 aliphatic heterocycles. The summed E-state index contributed by atoms with van der Waals surface area (Å²) in [7, 11) is 0. The highest BCUT2D eigenvalue weighted by Gasteiger charge is 2.25. The van der Waals surface area contributed by atoms with E-state index in [0.717, 1.165) is 25.2 Å². The monoisotopic (exact) mass is 409 g/mol. The van der Waals surface area contributed by atoms with Gasteiger partial charge in [-0.15, -0.1) is 12.4 Å². The number of ether oxygens (including phenoxy) is 1. The summed E-state index contributed by atoms with van der Waals surface area (Å²) in [5.41, 5.74) is 1.82. The van der Waals surface area contributed by atoms with E-state index in [1.165, 1.54) is 0 Å². The van der Waals surface area contributed by atoms with Gasteiger partial charge in [0.05, 0.1) is 18.8 Å². The lowest BCUT2D eigenvalue weighted by atomic mass is 10.0. The Bertz CT molecular complexity index is 758. The van der Waals surface area contributed by atoms with Gasteiger partial charge in [0.15, 0.2) is 0 Å². The van der Waals surface area contributed by atoms with E-state index in [1.807, 2.05) is 49.4 Å². The number of carbonyl (C=O) groups excluding carboxylic acids is 1. The van der Waals surface area contributed by atoms with Gasteiger partial charge in [0.1, 0.15) is 5.75 Å². The van der Waals surface area contributed by atoms with Crippen LogP contribution in [0.3, 0.4) is 0 Å². The van der Waals surface area contributed by atoms with Crippen LogP contribution < -0.4 is 15.4 Å². The quantitative estimate of drug-likeness (QED) is 0.762. The summed E-state index contributed by atoms with van der Waals surface area (Å²) in [5.74, 6) is 0.640. The van der Waals surface area contributed by atoms with E-state index in [4.69, 9.17) is 16.3 Å². The Hall–Kier alpha value is -1.79. The van der Waals surface area contributed by atoms with Crippen molar-refractivity contribution in [3.05, 3.63) is 59.1 Å². The second-order valence-corrected chi connectivity index (χ2v) is 6.66.